The van der Waals surface area contributed by atoms with Crippen LogP contribution in [0.2, 0.25) is 0 Å². The second-order valence-electron chi connectivity index (χ2n) is 6.18. The summed E-state index contributed by atoms with van der Waals surface area (Å²) in [6.07, 6.45) is 6.97. The Bertz CT molecular complexity index is 704. The van der Waals surface area contributed by atoms with E-state index in [1.165, 1.54) is 19.6 Å². The zero-order valence-corrected chi connectivity index (χ0v) is 14.2. The SMILES string of the molecule is CC(=O)ON(c1ccc(C(=O)Nc2ccco2)cc1)C1CCCCC1. The molecular weight excluding hydrogens is 320 g/mol. The molecule has 0 saturated heterocycles. The maximum Gasteiger partial charge on any atom is 0.329 e. The second kappa shape index (κ2) is 7.88. The number of anilines is 2. The van der Waals surface area contributed by atoms with Crippen molar-refractivity contribution in [3.63, 3.8) is 0 Å². The zero-order chi connectivity index (χ0) is 17.6. The number of nitrogens with one attached hydrogen (secondary N) is 1. The van der Waals surface area contributed by atoms with Crippen LogP contribution in [0.15, 0.2) is 47.1 Å². The van der Waals surface area contributed by atoms with Crippen molar-refractivity contribution in [2.45, 2.75) is 45.1 Å². The molecule has 1 N–H and O–H groups in total. The number of hydroxylamine groups is 1. The minimum atomic E-state index is -0.342. The summed E-state index contributed by atoms with van der Waals surface area (Å²) in [5.74, 6) is -0.193. The highest BCUT2D eigenvalue weighted by molar-refractivity contribution is 6.03. The molecule has 1 fully saturated rings. The van der Waals surface area contributed by atoms with Crippen molar-refractivity contribution in [1.29, 1.82) is 0 Å². The Balaban J connectivity index is 1.73. The molecule has 0 radical (unpaired) electrons. The first kappa shape index (κ1) is 17.1. The number of hydrogen-bond acceptors (Lipinski definition) is 5. The summed E-state index contributed by atoms with van der Waals surface area (Å²) in [6.45, 7) is 1.40. The molecule has 1 aliphatic rings. The van der Waals surface area contributed by atoms with E-state index in [0.717, 1.165) is 31.4 Å². The highest BCUT2D eigenvalue weighted by Crippen LogP contribution is 2.28. The van der Waals surface area contributed by atoms with Crippen molar-refractivity contribution in [3.8, 4) is 0 Å². The first-order valence-corrected chi connectivity index (χ1v) is 8.56. The summed E-state index contributed by atoms with van der Waals surface area (Å²) in [4.78, 5) is 29.1. The number of nitrogens with zero attached hydrogens (tertiary/aromatic N) is 1. The van der Waals surface area contributed by atoms with E-state index in [-0.39, 0.29) is 17.9 Å². The van der Waals surface area contributed by atoms with Gasteiger partial charge in [0.2, 0.25) is 0 Å². The maximum absolute atomic E-state index is 12.2. The molecule has 0 atom stereocenters. The molecule has 0 spiro atoms. The van der Waals surface area contributed by atoms with E-state index < -0.39 is 0 Å². The normalized spacial score (nSPS) is 14.8. The van der Waals surface area contributed by atoms with Crippen molar-refractivity contribution in [2.75, 3.05) is 10.4 Å². The molecule has 1 heterocycles. The molecular formula is C19H22N2O4. The van der Waals surface area contributed by atoms with Gasteiger partial charge < -0.3 is 9.25 Å². The first-order valence-electron chi connectivity index (χ1n) is 8.56. The summed E-state index contributed by atoms with van der Waals surface area (Å²) in [5.41, 5.74) is 1.28. The molecule has 2 aromatic rings. The zero-order valence-electron chi connectivity index (χ0n) is 14.2. The fraction of sp³-hybridized carbons (Fsp3) is 0.368. The molecule has 25 heavy (non-hydrogen) atoms. The largest absolute Gasteiger partial charge is 0.449 e. The fourth-order valence-electron chi connectivity index (χ4n) is 3.09. The molecule has 6 nitrogen and oxygen atoms in total. The molecule has 0 aliphatic heterocycles. The predicted molar refractivity (Wildman–Crippen MR) is 94.2 cm³/mol. The van der Waals surface area contributed by atoms with Crippen LogP contribution in [0.3, 0.4) is 0 Å². The van der Waals surface area contributed by atoms with Crippen LogP contribution in [0.4, 0.5) is 11.6 Å². The Labute approximate surface area is 146 Å². The lowest BCUT2D eigenvalue weighted by molar-refractivity contribution is -0.143. The van der Waals surface area contributed by atoms with E-state index in [9.17, 15) is 9.59 Å². The Morgan fingerprint density at radius 1 is 1.12 bits per heavy atom. The van der Waals surface area contributed by atoms with Crippen molar-refractivity contribution < 1.29 is 18.8 Å². The third kappa shape index (κ3) is 4.41. The molecule has 1 aromatic heterocycles. The van der Waals surface area contributed by atoms with Gasteiger partial charge in [-0.2, -0.15) is 0 Å². The van der Waals surface area contributed by atoms with Crippen LogP contribution < -0.4 is 10.4 Å². The number of rotatable bonds is 5. The number of hydrogen-bond donors (Lipinski definition) is 1. The predicted octanol–water partition coefficient (Wildman–Crippen LogP) is 4.15. The minimum absolute atomic E-state index is 0.181. The van der Waals surface area contributed by atoms with Crippen LogP contribution in [0, 0.1) is 0 Å². The van der Waals surface area contributed by atoms with Crippen LogP contribution >= 0.6 is 0 Å². The topological polar surface area (TPSA) is 71.8 Å². The fourth-order valence-corrected chi connectivity index (χ4v) is 3.09. The molecule has 1 amide bonds. The molecule has 0 bridgehead atoms. The van der Waals surface area contributed by atoms with Gasteiger partial charge in [0.15, 0.2) is 5.88 Å². The van der Waals surface area contributed by atoms with Gasteiger partial charge in [0, 0.05) is 18.6 Å². The number of furan rings is 1. The minimum Gasteiger partial charge on any atom is -0.449 e. The average Bonchev–Trinajstić information content (AvgIpc) is 3.13. The second-order valence-corrected chi connectivity index (χ2v) is 6.18. The molecule has 132 valence electrons. The van der Waals surface area contributed by atoms with Crippen molar-refractivity contribution >= 4 is 23.4 Å². The lowest BCUT2D eigenvalue weighted by Crippen LogP contribution is -2.38. The standard InChI is InChI=1S/C19H22N2O4/c1-14(22)25-21(16-6-3-2-4-7-16)17-11-9-15(10-12-17)19(23)20-18-8-5-13-24-18/h5,8-13,16H,2-4,6-7H2,1H3,(H,20,23). The van der Waals surface area contributed by atoms with E-state index in [1.54, 1.807) is 41.5 Å². The van der Waals surface area contributed by atoms with E-state index in [1.807, 2.05) is 0 Å². The Kier molecular flexibility index (Phi) is 5.38. The monoisotopic (exact) mass is 342 g/mol. The summed E-state index contributed by atoms with van der Waals surface area (Å²) >= 11 is 0. The van der Waals surface area contributed by atoms with Crippen LogP contribution in [0.5, 0.6) is 0 Å². The molecule has 0 unspecified atom stereocenters. The lowest BCUT2D eigenvalue weighted by atomic mass is 9.95. The van der Waals surface area contributed by atoms with Gasteiger partial charge in [-0.1, -0.05) is 19.3 Å². The number of amides is 1. The lowest BCUT2D eigenvalue weighted by Gasteiger charge is -2.33. The Morgan fingerprint density at radius 3 is 2.44 bits per heavy atom. The van der Waals surface area contributed by atoms with Crippen molar-refractivity contribution in [3.05, 3.63) is 48.2 Å². The van der Waals surface area contributed by atoms with Gasteiger partial charge in [-0.3, -0.25) is 14.9 Å². The molecule has 6 heteroatoms. The molecule has 1 aromatic carbocycles. The first-order chi connectivity index (χ1) is 12.1. The summed E-state index contributed by atoms with van der Waals surface area (Å²) < 4.78 is 5.11. The summed E-state index contributed by atoms with van der Waals surface area (Å²) in [5, 5.41) is 4.37. The summed E-state index contributed by atoms with van der Waals surface area (Å²) in [7, 11) is 0. The van der Waals surface area contributed by atoms with E-state index in [2.05, 4.69) is 5.32 Å². The van der Waals surface area contributed by atoms with Crippen LogP contribution in [0.25, 0.3) is 0 Å². The van der Waals surface area contributed by atoms with Crippen LogP contribution in [0.1, 0.15) is 49.4 Å². The van der Waals surface area contributed by atoms with E-state index in [0.29, 0.717) is 11.4 Å². The van der Waals surface area contributed by atoms with Gasteiger partial charge >= 0.3 is 5.97 Å². The van der Waals surface area contributed by atoms with Gasteiger partial charge in [0.05, 0.1) is 18.0 Å². The quantitative estimate of drug-likeness (QED) is 0.827. The maximum atomic E-state index is 12.2. The smallest absolute Gasteiger partial charge is 0.329 e. The van der Waals surface area contributed by atoms with Crippen molar-refractivity contribution in [2.24, 2.45) is 0 Å². The molecule has 1 aliphatic carbocycles. The van der Waals surface area contributed by atoms with Gasteiger partial charge in [-0.25, -0.2) is 5.06 Å². The van der Waals surface area contributed by atoms with Crippen LogP contribution in [-0.4, -0.2) is 17.9 Å². The number of carbonyl (C=O) groups excluding carboxylic acids is 2. The van der Waals surface area contributed by atoms with Crippen LogP contribution in [-0.2, 0) is 9.63 Å². The molecule has 3 rings (SSSR count). The van der Waals surface area contributed by atoms with E-state index >= 15 is 0 Å². The van der Waals surface area contributed by atoms with Gasteiger partial charge in [-0.15, -0.1) is 0 Å². The highest BCUT2D eigenvalue weighted by Gasteiger charge is 2.24. The van der Waals surface area contributed by atoms with Gasteiger partial charge in [0.1, 0.15) is 0 Å². The third-order valence-corrected chi connectivity index (χ3v) is 4.28. The Morgan fingerprint density at radius 2 is 1.84 bits per heavy atom. The Hall–Kier alpha value is -2.76. The van der Waals surface area contributed by atoms with Gasteiger partial charge in [-0.05, 0) is 43.2 Å². The average molecular weight is 342 g/mol. The van der Waals surface area contributed by atoms with Crippen molar-refractivity contribution in [1.82, 2.24) is 0 Å². The summed E-state index contributed by atoms with van der Waals surface area (Å²) in [6, 6.07) is 10.6. The van der Waals surface area contributed by atoms with E-state index in [4.69, 9.17) is 9.25 Å². The highest BCUT2D eigenvalue weighted by atomic mass is 16.7. The molecule has 1 saturated carbocycles. The third-order valence-electron chi connectivity index (χ3n) is 4.28. The van der Waals surface area contributed by atoms with Gasteiger partial charge in [0.25, 0.3) is 5.91 Å². The number of benzene rings is 1. The number of carbonyl (C=O) groups is 2.